The largest absolute Gasteiger partial charge is 0.334 e. The Morgan fingerprint density at radius 1 is 1.33 bits per heavy atom. The fraction of sp³-hybridized carbons (Fsp3) is 0.312. The SMILES string of the molecule is CCCN1C(=O)N2CCN=C2c2[nH]c(-c3ccccc3Br)nc21.Cl. The highest BCUT2D eigenvalue weighted by atomic mass is 79.9. The number of halogens is 2. The number of hydrogen-bond donors (Lipinski definition) is 1. The van der Waals surface area contributed by atoms with E-state index in [1.54, 1.807) is 9.80 Å². The molecule has 0 spiro atoms. The molecule has 1 aromatic carbocycles. The van der Waals surface area contributed by atoms with E-state index < -0.39 is 0 Å². The summed E-state index contributed by atoms with van der Waals surface area (Å²) in [5.74, 6) is 2.13. The lowest BCUT2D eigenvalue weighted by molar-refractivity contribution is 0.228. The van der Waals surface area contributed by atoms with Crippen molar-refractivity contribution in [1.82, 2.24) is 14.9 Å². The van der Waals surface area contributed by atoms with Crippen molar-refractivity contribution in [2.24, 2.45) is 4.99 Å². The first-order valence-electron chi connectivity index (χ1n) is 7.69. The average molecular weight is 411 g/mol. The summed E-state index contributed by atoms with van der Waals surface area (Å²) >= 11 is 3.56. The second-order valence-corrected chi connectivity index (χ2v) is 6.41. The van der Waals surface area contributed by atoms with Crippen molar-refractivity contribution in [3.05, 3.63) is 34.4 Å². The maximum Gasteiger partial charge on any atom is 0.331 e. The van der Waals surface area contributed by atoms with Gasteiger partial charge in [0.1, 0.15) is 11.5 Å². The Kier molecular flexibility index (Phi) is 4.64. The summed E-state index contributed by atoms with van der Waals surface area (Å²) in [6.07, 6.45) is 0.878. The van der Waals surface area contributed by atoms with E-state index in [-0.39, 0.29) is 18.4 Å². The third-order valence-electron chi connectivity index (χ3n) is 4.04. The normalized spacial score (nSPS) is 15.8. The number of aromatic amines is 1. The van der Waals surface area contributed by atoms with Gasteiger partial charge in [-0.3, -0.25) is 14.8 Å². The van der Waals surface area contributed by atoms with Gasteiger partial charge in [-0.1, -0.05) is 41.1 Å². The number of aliphatic imine (C=N–C) groups is 1. The molecule has 8 heteroatoms. The molecule has 2 aromatic rings. The number of rotatable bonds is 3. The molecule has 0 bridgehead atoms. The zero-order chi connectivity index (χ0) is 16.0. The Morgan fingerprint density at radius 3 is 2.88 bits per heavy atom. The average Bonchev–Trinajstić information content (AvgIpc) is 3.18. The van der Waals surface area contributed by atoms with E-state index >= 15 is 0 Å². The smallest absolute Gasteiger partial charge is 0.331 e. The van der Waals surface area contributed by atoms with Gasteiger partial charge in [0.05, 0.1) is 6.54 Å². The minimum Gasteiger partial charge on any atom is -0.334 e. The Morgan fingerprint density at radius 2 is 2.12 bits per heavy atom. The van der Waals surface area contributed by atoms with Crippen molar-refractivity contribution in [1.29, 1.82) is 0 Å². The zero-order valence-electron chi connectivity index (χ0n) is 13.1. The lowest BCUT2D eigenvalue weighted by Crippen LogP contribution is -2.50. The predicted molar refractivity (Wildman–Crippen MR) is 100 cm³/mol. The number of amidine groups is 1. The molecule has 0 saturated heterocycles. The number of imidazole rings is 1. The first-order valence-corrected chi connectivity index (χ1v) is 8.48. The molecule has 2 aliphatic rings. The van der Waals surface area contributed by atoms with Gasteiger partial charge in [0.25, 0.3) is 0 Å². The molecule has 1 aromatic heterocycles. The van der Waals surface area contributed by atoms with Crippen LogP contribution in [0.3, 0.4) is 0 Å². The molecule has 0 unspecified atom stereocenters. The van der Waals surface area contributed by atoms with Crippen LogP contribution in [0, 0.1) is 0 Å². The number of carbonyl (C=O) groups is 1. The second-order valence-electron chi connectivity index (χ2n) is 5.56. The van der Waals surface area contributed by atoms with E-state index in [4.69, 9.17) is 4.98 Å². The van der Waals surface area contributed by atoms with Crippen LogP contribution >= 0.6 is 28.3 Å². The van der Waals surface area contributed by atoms with E-state index in [1.807, 2.05) is 24.3 Å². The molecule has 0 atom stereocenters. The lowest BCUT2D eigenvalue weighted by Gasteiger charge is -2.31. The number of nitrogens with zero attached hydrogens (tertiary/aromatic N) is 4. The summed E-state index contributed by atoms with van der Waals surface area (Å²) in [6, 6.07) is 7.88. The van der Waals surface area contributed by atoms with E-state index in [0.717, 1.165) is 28.0 Å². The first kappa shape index (κ1) is 17.0. The monoisotopic (exact) mass is 409 g/mol. The molecule has 3 heterocycles. The van der Waals surface area contributed by atoms with Crippen LogP contribution in [0.15, 0.2) is 33.7 Å². The summed E-state index contributed by atoms with van der Waals surface area (Å²) in [4.78, 5) is 28.7. The summed E-state index contributed by atoms with van der Waals surface area (Å²) in [7, 11) is 0. The third-order valence-corrected chi connectivity index (χ3v) is 4.73. The van der Waals surface area contributed by atoms with Crippen LogP contribution in [0.4, 0.5) is 10.6 Å². The van der Waals surface area contributed by atoms with E-state index in [1.165, 1.54) is 0 Å². The highest BCUT2D eigenvalue weighted by Crippen LogP contribution is 2.34. The van der Waals surface area contributed by atoms with Gasteiger partial charge in [-0.25, -0.2) is 9.78 Å². The highest BCUT2D eigenvalue weighted by Gasteiger charge is 2.39. The van der Waals surface area contributed by atoms with Crippen LogP contribution in [0.2, 0.25) is 0 Å². The number of amides is 2. The number of anilines is 1. The number of urea groups is 1. The maximum atomic E-state index is 12.7. The molecule has 0 fully saturated rings. The van der Waals surface area contributed by atoms with E-state index in [0.29, 0.717) is 31.3 Å². The van der Waals surface area contributed by atoms with Gasteiger partial charge in [0.15, 0.2) is 11.7 Å². The predicted octanol–water partition coefficient (Wildman–Crippen LogP) is 3.67. The minimum atomic E-state index is -0.0271. The van der Waals surface area contributed by atoms with Crippen LogP contribution in [0.1, 0.15) is 19.0 Å². The van der Waals surface area contributed by atoms with Gasteiger partial charge in [-0.15, -0.1) is 12.4 Å². The zero-order valence-corrected chi connectivity index (χ0v) is 15.5. The topological polar surface area (TPSA) is 64.6 Å². The number of aromatic nitrogens is 2. The third kappa shape index (κ3) is 2.52. The number of H-pyrrole nitrogens is 1. The Labute approximate surface area is 154 Å². The first-order chi connectivity index (χ1) is 11.2. The quantitative estimate of drug-likeness (QED) is 0.839. The Bertz CT molecular complexity index is 819. The fourth-order valence-corrected chi connectivity index (χ4v) is 3.48. The molecule has 24 heavy (non-hydrogen) atoms. The van der Waals surface area contributed by atoms with Crippen molar-refractivity contribution in [2.75, 3.05) is 24.5 Å². The van der Waals surface area contributed by atoms with Gasteiger partial charge < -0.3 is 4.98 Å². The molecule has 126 valence electrons. The van der Waals surface area contributed by atoms with Crippen molar-refractivity contribution in [3.63, 3.8) is 0 Å². The van der Waals surface area contributed by atoms with Gasteiger partial charge >= 0.3 is 6.03 Å². The highest BCUT2D eigenvalue weighted by molar-refractivity contribution is 9.10. The Balaban J connectivity index is 0.00000169. The minimum absolute atomic E-state index is 0. The van der Waals surface area contributed by atoms with Crippen molar-refractivity contribution in [3.8, 4) is 11.4 Å². The van der Waals surface area contributed by atoms with Crippen LogP contribution < -0.4 is 4.90 Å². The fourth-order valence-electron chi connectivity index (χ4n) is 3.00. The number of hydrogen-bond acceptors (Lipinski definition) is 3. The van der Waals surface area contributed by atoms with Crippen LogP contribution in [-0.2, 0) is 0 Å². The van der Waals surface area contributed by atoms with Crippen LogP contribution in [-0.4, -0.2) is 46.4 Å². The summed E-state index contributed by atoms with van der Waals surface area (Å²) in [6.45, 7) is 3.98. The summed E-state index contributed by atoms with van der Waals surface area (Å²) < 4.78 is 0.963. The van der Waals surface area contributed by atoms with E-state index in [2.05, 4.69) is 32.8 Å². The molecular weight excluding hydrogens is 394 g/mol. The molecule has 6 nitrogen and oxygen atoms in total. The molecule has 2 aliphatic heterocycles. The standard InChI is InChI=1S/C16H16BrN5O.ClH/c1-2-8-21-15-12(14-18-7-9-22(14)16(21)23)19-13(20-15)10-5-3-4-6-11(10)17;/h3-6H,2,7-9H2,1H3,(H,19,20);1H. The van der Waals surface area contributed by atoms with E-state index in [9.17, 15) is 4.79 Å². The van der Waals surface area contributed by atoms with Crippen LogP contribution in [0.25, 0.3) is 11.4 Å². The number of benzene rings is 1. The number of fused-ring (bicyclic) bond motifs is 3. The molecule has 0 radical (unpaired) electrons. The molecule has 4 rings (SSSR count). The van der Waals surface area contributed by atoms with Crippen molar-refractivity contribution in [2.45, 2.75) is 13.3 Å². The molecular formula is C16H17BrClN5O. The van der Waals surface area contributed by atoms with Gasteiger partial charge in [-0.05, 0) is 12.5 Å². The lowest BCUT2D eigenvalue weighted by atomic mass is 10.2. The molecule has 2 amide bonds. The summed E-state index contributed by atoms with van der Waals surface area (Å²) in [5.41, 5.74) is 1.80. The molecule has 0 aliphatic carbocycles. The second kappa shape index (κ2) is 6.57. The molecule has 0 saturated carbocycles. The van der Waals surface area contributed by atoms with Crippen molar-refractivity contribution < 1.29 is 4.79 Å². The van der Waals surface area contributed by atoms with Crippen LogP contribution in [0.5, 0.6) is 0 Å². The van der Waals surface area contributed by atoms with Gasteiger partial charge in [0.2, 0.25) is 0 Å². The molecule has 1 N–H and O–H groups in total. The van der Waals surface area contributed by atoms with Gasteiger partial charge in [0, 0.05) is 23.1 Å². The van der Waals surface area contributed by atoms with Crippen molar-refractivity contribution >= 4 is 46.0 Å². The van der Waals surface area contributed by atoms with Gasteiger partial charge in [-0.2, -0.15) is 0 Å². The number of nitrogens with one attached hydrogen (secondary N) is 1. The Hall–Kier alpha value is -1.86. The maximum absolute atomic E-state index is 12.7. The number of carbonyl (C=O) groups excluding carboxylic acids is 1. The summed E-state index contributed by atoms with van der Waals surface area (Å²) in [5, 5.41) is 0.